The number of hydroxylamine groups is 2. The Bertz CT molecular complexity index is 574. The monoisotopic (exact) mass is 319 g/mol. The molecule has 1 aromatic carbocycles. The van der Waals surface area contributed by atoms with Gasteiger partial charge in [0.2, 0.25) is 0 Å². The summed E-state index contributed by atoms with van der Waals surface area (Å²) in [6.07, 6.45) is 3.07. The van der Waals surface area contributed by atoms with Crippen LogP contribution < -0.4 is 0 Å². The number of piperidine rings is 1. The van der Waals surface area contributed by atoms with E-state index < -0.39 is 11.9 Å². The van der Waals surface area contributed by atoms with Crippen molar-refractivity contribution < 1.29 is 19.2 Å². The van der Waals surface area contributed by atoms with Crippen molar-refractivity contribution in [2.45, 2.75) is 58.0 Å². The zero-order chi connectivity index (χ0) is 17.3. The molecule has 5 heteroatoms. The molecule has 0 saturated carbocycles. The number of nitrogens with zero attached hydrogens (tertiary/aromatic N) is 1. The van der Waals surface area contributed by atoms with Crippen LogP contribution in [-0.2, 0) is 9.57 Å². The molecule has 0 atom stereocenters. The highest BCUT2D eigenvalue weighted by Gasteiger charge is 2.44. The molecule has 1 saturated heterocycles. The summed E-state index contributed by atoms with van der Waals surface area (Å²) in [5.41, 5.74) is 0.407. The Hall–Kier alpha value is -1.88. The molecule has 1 aliphatic rings. The van der Waals surface area contributed by atoms with Crippen molar-refractivity contribution in [1.29, 1.82) is 0 Å². The zero-order valence-corrected chi connectivity index (χ0v) is 14.5. The van der Waals surface area contributed by atoms with Gasteiger partial charge in [0, 0.05) is 0 Å². The maximum Gasteiger partial charge on any atom is 0.357 e. The van der Waals surface area contributed by atoms with Crippen molar-refractivity contribution in [2.24, 2.45) is 0 Å². The van der Waals surface area contributed by atoms with Crippen LogP contribution in [0.15, 0.2) is 24.3 Å². The molecule has 0 radical (unpaired) electrons. The maximum absolute atomic E-state index is 12.5. The maximum atomic E-state index is 12.5. The van der Waals surface area contributed by atoms with Crippen LogP contribution in [0.1, 0.15) is 67.7 Å². The highest BCUT2D eigenvalue weighted by molar-refractivity contribution is 5.93. The summed E-state index contributed by atoms with van der Waals surface area (Å²) in [4.78, 5) is 29.6. The van der Waals surface area contributed by atoms with E-state index in [0.717, 1.165) is 19.3 Å². The molecule has 0 amide bonds. The Balaban J connectivity index is 2.16. The van der Waals surface area contributed by atoms with Gasteiger partial charge in [-0.25, -0.2) is 9.59 Å². The van der Waals surface area contributed by atoms with E-state index in [-0.39, 0.29) is 11.1 Å². The third-order valence-electron chi connectivity index (χ3n) is 4.39. The average Bonchev–Trinajstić information content (AvgIpc) is 2.49. The van der Waals surface area contributed by atoms with E-state index in [2.05, 4.69) is 32.4 Å². The van der Waals surface area contributed by atoms with Gasteiger partial charge in [-0.05, 0) is 71.2 Å². The van der Waals surface area contributed by atoms with Crippen LogP contribution in [-0.4, -0.2) is 35.2 Å². The van der Waals surface area contributed by atoms with E-state index in [1.54, 1.807) is 24.3 Å². The third-order valence-corrected chi connectivity index (χ3v) is 4.39. The van der Waals surface area contributed by atoms with Gasteiger partial charge in [-0.1, -0.05) is 0 Å². The summed E-state index contributed by atoms with van der Waals surface area (Å²) < 4.78 is 4.65. The number of ether oxygens (including phenoxy) is 1. The van der Waals surface area contributed by atoms with Gasteiger partial charge in [-0.2, -0.15) is 0 Å². The van der Waals surface area contributed by atoms with Crippen LogP contribution in [0.3, 0.4) is 0 Å². The molecule has 23 heavy (non-hydrogen) atoms. The predicted octanol–water partition coefficient (Wildman–Crippen LogP) is 3.59. The lowest BCUT2D eigenvalue weighted by Gasteiger charge is -2.50. The van der Waals surface area contributed by atoms with E-state index >= 15 is 0 Å². The van der Waals surface area contributed by atoms with E-state index in [1.165, 1.54) is 7.11 Å². The largest absolute Gasteiger partial charge is 0.465 e. The third kappa shape index (κ3) is 3.72. The van der Waals surface area contributed by atoms with E-state index in [4.69, 9.17) is 4.84 Å². The fourth-order valence-electron chi connectivity index (χ4n) is 3.22. The van der Waals surface area contributed by atoms with E-state index in [9.17, 15) is 9.59 Å². The lowest BCUT2D eigenvalue weighted by Crippen LogP contribution is -2.58. The normalized spacial score (nSPS) is 19.9. The number of hydrogen-bond donors (Lipinski definition) is 0. The van der Waals surface area contributed by atoms with Gasteiger partial charge in [0.15, 0.2) is 0 Å². The number of carbonyl (C=O) groups is 2. The molecule has 126 valence electrons. The Morgan fingerprint density at radius 2 is 1.35 bits per heavy atom. The number of benzene rings is 1. The smallest absolute Gasteiger partial charge is 0.357 e. The Morgan fingerprint density at radius 1 is 0.913 bits per heavy atom. The predicted molar refractivity (Wildman–Crippen MR) is 87.0 cm³/mol. The lowest BCUT2D eigenvalue weighted by atomic mass is 9.82. The summed E-state index contributed by atoms with van der Waals surface area (Å²) in [5.74, 6) is -0.840. The minimum absolute atomic E-state index is 0.205. The fraction of sp³-hybridized carbons (Fsp3) is 0.556. The van der Waals surface area contributed by atoms with Crippen LogP contribution in [0.2, 0.25) is 0 Å². The summed E-state index contributed by atoms with van der Waals surface area (Å²) in [6, 6.07) is 6.29. The summed E-state index contributed by atoms with van der Waals surface area (Å²) in [7, 11) is 1.32. The van der Waals surface area contributed by atoms with Gasteiger partial charge in [-0.3, -0.25) is 0 Å². The number of esters is 1. The molecule has 5 nitrogen and oxygen atoms in total. The lowest BCUT2D eigenvalue weighted by molar-refractivity contribution is -0.240. The molecule has 2 rings (SSSR count). The zero-order valence-electron chi connectivity index (χ0n) is 14.5. The molecule has 1 aliphatic heterocycles. The van der Waals surface area contributed by atoms with Crippen LogP contribution >= 0.6 is 0 Å². The Kier molecular flexibility index (Phi) is 4.80. The molecule has 0 spiro atoms. The number of rotatable bonds is 3. The SMILES string of the molecule is COC(=O)c1ccc(C(=O)ON2C(C)(C)CCCC2(C)C)cc1. The molecule has 0 aromatic heterocycles. The minimum Gasteiger partial charge on any atom is -0.465 e. The highest BCUT2D eigenvalue weighted by atomic mass is 16.7. The summed E-state index contributed by atoms with van der Waals surface area (Å²) in [6.45, 7) is 8.34. The van der Waals surface area contributed by atoms with E-state index in [0.29, 0.717) is 11.1 Å². The molecular formula is C18H25NO4. The van der Waals surface area contributed by atoms with Crippen molar-refractivity contribution in [3.8, 4) is 0 Å². The second-order valence-electron chi connectivity index (χ2n) is 7.22. The Labute approximate surface area is 137 Å². The number of hydrogen-bond acceptors (Lipinski definition) is 5. The molecule has 1 aromatic rings. The first kappa shape index (κ1) is 17.5. The van der Waals surface area contributed by atoms with Gasteiger partial charge < -0.3 is 9.57 Å². The van der Waals surface area contributed by atoms with Gasteiger partial charge in [0.25, 0.3) is 0 Å². The fourth-order valence-corrected chi connectivity index (χ4v) is 3.22. The van der Waals surface area contributed by atoms with Gasteiger partial charge in [-0.15, -0.1) is 5.06 Å². The second-order valence-corrected chi connectivity index (χ2v) is 7.22. The highest BCUT2D eigenvalue weighted by Crippen LogP contribution is 2.38. The van der Waals surface area contributed by atoms with Gasteiger partial charge >= 0.3 is 11.9 Å². The standard InChI is InChI=1S/C18H25NO4/c1-17(2)11-6-12-18(3,4)19(17)23-16(21)14-9-7-13(8-10-14)15(20)22-5/h7-10H,6,11-12H2,1-5H3. The Morgan fingerprint density at radius 3 is 1.78 bits per heavy atom. The van der Waals surface area contributed by atoms with Crippen molar-refractivity contribution in [1.82, 2.24) is 5.06 Å². The molecule has 1 heterocycles. The van der Waals surface area contributed by atoms with Crippen molar-refractivity contribution in [3.63, 3.8) is 0 Å². The van der Waals surface area contributed by atoms with Crippen LogP contribution in [0.4, 0.5) is 0 Å². The first-order chi connectivity index (χ1) is 10.7. The number of carbonyl (C=O) groups excluding carboxylic acids is 2. The average molecular weight is 319 g/mol. The molecule has 0 aliphatic carbocycles. The van der Waals surface area contributed by atoms with Crippen molar-refractivity contribution in [2.75, 3.05) is 7.11 Å². The molecule has 0 N–H and O–H groups in total. The van der Waals surface area contributed by atoms with E-state index in [1.807, 2.05) is 5.06 Å². The first-order valence-electron chi connectivity index (χ1n) is 7.88. The molecular weight excluding hydrogens is 294 g/mol. The topological polar surface area (TPSA) is 55.8 Å². The molecule has 0 bridgehead atoms. The quantitative estimate of drug-likeness (QED) is 0.797. The van der Waals surface area contributed by atoms with Crippen molar-refractivity contribution >= 4 is 11.9 Å². The number of methoxy groups -OCH3 is 1. The first-order valence-corrected chi connectivity index (χ1v) is 7.88. The van der Waals surface area contributed by atoms with Crippen LogP contribution in [0.25, 0.3) is 0 Å². The summed E-state index contributed by atoms with van der Waals surface area (Å²) >= 11 is 0. The van der Waals surface area contributed by atoms with Gasteiger partial charge in [0.05, 0.1) is 29.3 Å². The van der Waals surface area contributed by atoms with Crippen molar-refractivity contribution in [3.05, 3.63) is 35.4 Å². The molecule has 0 unspecified atom stereocenters. The molecule has 1 fully saturated rings. The second kappa shape index (κ2) is 6.32. The van der Waals surface area contributed by atoms with Crippen LogP contribution in [0, 0.1) is 0 Å². The van der Waals surface area contributed by atoms with Crippen LogP contribution in [0.5, 0.6) is 0 Å². The summed E-state index contributed by atoms with van der Waals surface area (Å²) in [5, 5.41) is 1.82. The van der Waals surface area contributed by atoms with Gasteiger partial charge in [0.1, 0.15) is 0 Å². The minimum atomic E-state index is -0.428.